The van der Waals surface area contributed by atoms with Gasteiger partial charge in [-0.05, 0) is 24.8 Å². The molecule has 0 bridgehead atoms. The minimum absolute atomic E-state index is 0.359. The average molecular weight is 340 g/mol. The summed E-state index contributed by atoms with van der Waals surface area (Å²) < 4.78 is 0. The van der Waals surface area contributed by atoms with Crippen molar-refractivity contribution in [1.29, 1.82) is 0 Å². The molecule has 1 saturated carbocycles. The zero-order valence-corrected chi connectivity index (χ0v) is 15.6. The Labute approximate surface area is 152 Å². The molecule has 1 unspecified atom stereocenters. The van der Waals surface area contributed by atoms with Crippen molar-refractivity contribution in [2.24, 2.45) is 0 Å². The van der Waals surface area contributed by atoms with Gasteiger partial charge < -0.3 is 10.3 Å². The fraction of sp³-hybridized carbons (Fsp3) is 0.591. The van der Waals surface area contributed by atoms with Crippen molar-refractivity contribution in [3.05, 3.63) is 42.4 Å². The van der Waals surface area contributed by atoms with Gasteiger partial charge in [0.2, 0.25) is 0 Å². The van der Waals surface area contributed by atoms with Gasteiger partial charge in [-0.3, -0.25) is 0 Å². The summed E-state index contributed by atoms with van der Waals surface area (Å²) in [6, 6.07) is 11.5. The minimum Gasteiger partial charge on any atom is -0.341 e. The third-order valence-electron chi connectivity index (χ3n) is 5.40. The summed E-state index contributed by atoms with van der Waals surface area (Å²) in [7, 11) is 0. The van der Waals surface area contributed by atoms with E-state index in [0.717, 1.165) is 11.5 Å². The fourth-order valence-electron chi connectivity index (χ4n) is 3.91. The van der Waals surface area contributed by atoms with Crippen LogP contribution in [-0.2, 0) is 0 Å². The highest BCUT2D eigenvalue weighted by atomic mass is 15.0. The van der Waals surface area contributed by atoms with Crippen LogP contribution in [0.15, 0.2) is 36.5 Å². The van der Waals surface area contributed by atoms with Crippen LogP contribution >= 0.6 is 0 Å². The second-order valence-corrected chi connectivity index (χ2v) is 7.45. The van der Waals surface area contributed by atoms with Gasteiger partial charge in [0.25, 0.3) is 0 Å². The van der Waals surface area contributed by atoms with Gasteiger partial charge in [0, 0.05) is 6.04 Å². The number of H-pyrrole nitrogens is 1. The summed E-state index contributed by atoms with van der Waals surface area (Å²) in [5, 5.41) is 3.92. The van der Waals surface area contributed by atoms with Gasteiger partial charge >= 0.3 is 0 Å². The molecule has 1 fully saturated rings. The topological polar surface area (TPSA) is 40.7 Å². The highest BCUT2D eigenvalue weighted by molar-refractivity contribution is 5.58. The minimum atomic E-state index is 0.359. The largest absolute Gasteiger partial charge is 0.341 e. The monoisotopic (exact) mass is 339 g/mol. The maximum atomic E-state index is 4.74. The van der Waals surface area contributed by atoms with E-state index in [0.29, 0.717) is 12.1 Å². The number of rotatable bonds is 9. The van der Waals surface area contributed by atoms with Crippen LogP contribution in [-0.4, -0.2) is 16.0 Å². The lowest BCUT2D eigenvalue weighted by molar-refractivity contribution is 0.320. The van der Waals surface area contributed by atoms with E-state index in [2.05, 4.69) is 47.6 Å². The first-order valence-electron chi connectivity index (χ1n) is 10.2. The summed E-state index contributed by atoms with van der Waals surface area (Å²) in [6.07, 6.45) is 15.2. The van der Waals surface area contributed by atoms with Crippen LogP contribution in [0.2, 0.25) is 0 Å². The molecule has 0 aliphatic heterocycles. The summed E-state index contributed by atoms with van der Waals surface area (Å²) >= 11 is 0. The van der Waals surface area contributed by atoms with E-state index in [-0.39, 0.29) is 0 Å². The Bertz CT molecular complexity index is 599. The molecule has 1 aromatic heterocycles. The number of unbranched alkanes of at least 4 members (excludes halogenated alkanes) is 3. The average Bonchev–Trinajstić information content (AvgIpc) is 3.16. The number of aromatic amines is 1. The number of aromatic nitrogens is 2. The molecule has 0 saturated heterocycles. The van der Waals surface area contributed by atoms with Gasteiger partial charge in [0.05, 0.1) is 17.9 Å². The quantitative estimate of drug-likeness (QED) is 0.549. The van der Waals surface area contributed by atoms with E-state index in [1.165, 1.54) is 69.8 Å². The molecular formula is C22H33N3. The van der Waals surface area contributed by atoms with Crippen LogP contribution in [0, 0.1) is 0 Å². The van der Waals surface area contributed by atoms with Crippen molar-refractivity contribution >= 4 is 0 Å². The molecule has 3 nitrogen and oxygen atoms in total. The fourth-order valence-corrected chi connectivity index (χ4v) is 3.91. The van der Waals surface area contributed by atoms with Crippen molar-refractivity contribution in [2.75, 3.05) is 0 Å². The SMILES string of the molecule is CCCCCCC(NC1CCCCC1)c1ncc(-c2ccccc2)[nH]1. The number of nitrogens with zero attached hydrogens (tertiary/aromatic N) is 1. The van der Waals surface area contributed by atoms with Crippen LogP contribution in [0.25, 0.3) is 11.3 Å². The van der Waals surface area contributed by atoms with Crippen LogP contribution in [0.4, 0.5) is 0 Å². The van der Waals surface area contributed by atoms with Crippen LogP contribution < -0.4 is 5.32 Å². The third kappa shape index (κ3) is 5.43. The first-order valence-corrected chi connectivity index (χ1v) is 10.2. The number of hydrogen-bond donors (Lipinski definition) is 2. The van der Waals surface area contributed by atoms with E-state index >= 15 is 0 Å². The Morgan fingerprint density at radius 3 is 2.64 bits per heavy atom. The van der Waals surface area contributed by atoms with Gasteiger partial charge in [-0.15, -0.1) is 0 Å². The molecule has 1 aliphatic carbocycles. The zero-order valence-electron chi connectivity index (χ0n) is 15.6. The molecule has 0 amide bonds. The van der Waals surface area contributed by atoms with Crippen molar-refractivity contribution in [3.63, 3.8) is 0 Å². The lowest BCUT2D eigenvalue weighted by atomic mass is 9.94. The summed E-state index contributed by atoms with van der Waals surface area (Å²) in [5.41, 5.74) is 2.34. The summed E-state index contributed by atoms with van der Waals surface area (Å²) in [4.78, 5) is 8.33. The second-order valence-electron chi connectivity index (χ2n) is 7.45. The normalized spacial score (nSPS) is 16.8. The number of benzene rings is 1. The van der Waals surface area contributed by atoms with E-state index in [4.69, 9.17) is 4.98 Å². The Morgan fingerprint density at radius 1 is 1.08 bits per heavy atom. The highest BCUT2D eigenvalue weighted by Gasteiger charge is 2.21. The lowest BCUT2D eigenvalue weighted by Gasteiger charge is -2.27. The van der Waals surface area contributed by atoms with Crippen LogP contribution in [0.3, 0.4) is 0 Å². The van der Waals surface area contributed by atoms with E-state index in [1.807, 2.05) is 6.20 Å². The molecule has 136 valence electrons. The first-order chi connectivity index (χ1) is 12.4. The van der Waals surface area contributed by atoms with E-state index < -0.39 is 0 Å². The molecule has 1 aromatic carbocycles. The molecule has 2 aromatic rings. The highest BCUT2D eigenvalue weighted by Crippen LogP contribution is 2.26. The smallest absolute Gasteiger partial charge is 0.123 e. The van der Waals surface area contributed by atoms with Gasteiger partial charge in [0.1, 0.15) is 5.82 Å². The summed E-state index contributed by atoms with van der Waals surface area (Å²) in [5.74, 6) is 1.11. The third-order valence-corrected chi connectivity index (χ3v) is 5.40. The molecule has 3 heteroatoms. The van der Waals surface area contributed by atoms with Crippen molar-refractivity contribution in [2.45, 2.75) is 83.2 Å². The Morgan fingerprint density at radius 2 is 1.88 bits per heavy atom. The van der Waals surface area contributed by atoms with Gasteiger partial charge in [0.15, 0.2) is 0 Å². The van der Waals surface area contributed by atoms with Gasteiger partial charge in [-0.2, -0.15) is 0 Å². The van der Waals surface area contributed by atoms with Crippen molar-refractivity contribution in [1.82, 2.24) is 15.3 Å². The molecular weight excluding hydrogens is 306 g/mol. The molecule has 1 atom stereocenters. The zero-order chi connectivity index (χ0) is 17.3. The Kier molecular flexibility index (Phi) is 7.10. The molecule has 1 heterocycles. The van der Waals surface area contributed by atoms with Crippen molar-refractivity contribution < 1.29 is 0 Å². The van der Waals surface area contributed by atoms with Crippen molar-refractivity contribution in [3.8, 4) is 11.3 Å². The lowest BCUT2D eigenvalue weighted by Crippen LogP contribution is -2.35. The first kappa shape index (κ1) is 18.2. The molecule has 3 rings (SSSR count). The van der Waals surface area contributed by atoms with Gasteiger partial charge in [-0.25, -0.2) is 4.98 Å². The Hall–Kier alpha value is -1.61. The molecule has 25 heavy (non-hydrogen) atoms. The number of imidazole rings is 1. The van der Waals surface area contributed by atoms with E-state index in [1.54, 1.807) is 0 Å². The molecule has 0 spiro atoms. The molecule has 1 aliphatic rings. The predicted molar refractivity (Wildman–Crippen MR) is 106 cm³/mol. The van der Waals surface area contributed by atoms with Crippen LogP contribution in [0.1, 0.15) is 83.0 Å². The standard InChI is InChI=1S/C22H33N3/c1-2-3-4-11-16-20(24-19-14-9-6-10-15-19)22-23-17-21(25-22)18-12-7-5-8-13-18/h5,7-8,12-13,17,19-20,24H,2-4,6,9-11,14-16H2,1H3,(H,23,25). The van der Waals surface area contributed by atoms with Gasteiger partial charge in [-0.1, -0.05) is 82.2 Å². The number of nitrogens with one attached hydrogen (secondary N) is 2. The Balaban J connectivity index is 1.67. The maximum Gasteiger partial charge on any atom is 0.123 e. The maximum absolute atomic E-state index is 4.74. The molecule has 0 radical (unpaired) electrons. The molecule has 2 N–H and O–H groups in total. The number of hydrogen-bond acceptors (Lipinski definition) is 2. The van der Waals surface area contributed by atoms with E-state index in [9.17, 15) is 0 Å². The van der Waals surface area contributed by atoms with Crippen LogP contribution in [0.5, 0.6) is 0 Å². The summed E-state index contributed by atoms with van der Waals surface area (Å²) in [6.45, 7) is 2.27. The predicted octanol–water partition coefficient (Wildman–Crippen LogP) is 6.01. The second kappa shape index (κ2) is 9.76.